The quantitative estimate of drug-likeness (QED) is 0.876. The summed E-state index contributed by atoms with van der Waals surface area (Å²) in [6.07, 6.45) is 3.69. The third-order valence-corrected chi connectivity index (χ3v) is 3.13. The van der Waals surface area contributed by atoms with Crippen LogP contribution in [0.5, 0.6) is 0 Å². The average Bonchev–Trinajstić information content (AvgIpc) is 2.58. The molecule has 4 heteroatoms. The molecule has 0 radical (unpaired) electrons. The summed E-state index contributed by atoms with van der Waals surface area (Å²) in [4.78, 5) is 4.17. The van der Waals surface area contributed by atoms with Crippen LogP contribution in [0.15, 0.2) is 18.5 Å². The van der Waals surface area contributed by atoms with E-state index in [1.807, 2.05) is 30.9 Å². The van der Waals surface area contributed by atoms with Crippen molar-refractivity contribution in [3.05, 3.63) is 41.0 Å². The first-order valence-corrected chi connectivity index (χ1v) is 5.76. The molecule has 0 amide bonds. The fraction of sp³-hybridized carbons (Fsp3) is 0.385. The maximum absolute atomic E-state index is 4.58. The number of aromatic nitrogens is 3. The molecule has 0 aliphatic carbocycles. The molecule has 2 aromatic rings. The number of nitrogens with one attached hydrogen (secondary N) is 1. The van der Waals surface area contributed by atoms with Crippen LogP contribution in [0, 0.1) is 20.8 Å². The fourth-order valence-electron chi connectivity index (χ4n) is 1.91. The number of pyridine rings is 1. The molecule has 2 aromatic heterocycles. The van der Waals surface area contributed by atoms with Gasteiger partial charge in [-0.15, -0.1) is 0 Å². The molecule has 0 bridgehead atoms. The zero-order valence-electron chi connectivity index (χ0n) is 10.8. The highest BCUT2D eigenvalue weighted by Crippen LogP contribution is 2.19. The molecular formula is C13H18N4. The molecule has 0 aliphatic heterocycles. The lowest BCUT2D eigenvalue weighted by molar-refractivity contribution is 0.770. The van der Waals surface area contributed by atoms with E-state index in [1.165, 1.54) is 11.3 Å². The zero-order chi connectivity index (χ0) is 12.4. The Morgan fingerprint density at radius 3 is 2.65 bits per heavy atom. The van der Waals surface area contributed by atoms with E-state index in [1.54, 1.807) is 6.20 Å². The molecule has 0 fully saturated rings. The lowest BCUT2D eigenvalue weighted by Gasteiger charge is -2.10. The van der Waals surface area contributed by atoms with Gasteiger partial charge < -0.3 is 5.32 Å². The van der Waals surface area contributed by atoms with Gasteiger partial charge in [-0.3, -0.25) is 4.98 Å². The standard InChI is InChI=1S/C13H18N4/c1-9-10(2)16-17(11(9)3)13-5-6-15-8-12(13)7-14-4/h5-6,8,14H,7H2,1-4H3. The van der Waals surface area contributed by atoms with E-state index in [4.69, 9.17) is 0 Å². The van der Waals surface area contributed by atoms with Crippen molar-refractivity contribution in [3.8, 4) is 5.69 Å². The summed E-state index contributed by atoms with van der Waals surface area (Å²) in [6, 6.07) is 2.01. The van der Waals surface area contributed by atoms with Crippen LogP contribution >= 0.6 is 0 Å². The molecule has 1 N–H and O–H groups in total. The molecule has 0 unspecified atom stereocenters. The van der Waals surface area contributed by atoms with Gasteiger partial charge in [-0.2, -0.15) is 5.10 Å². The van der Waals surface area contributed by atoms with Crippen LogP contribution in [-0.2, 0) is 6.54 Å². The van der Waals surface area contributed by atoms with Gasteiger partial charge in [0.2, 0.25) is 0 Å². The predicted octanol–water partition coefficient (Wildman–Crippen LogP) is 1.91. The Labute approximate surface area is 102 Å². The van der Waals surface area contributed by atoms with Crippen LogP contribution in [0.3, 0.4) is 0 Å². The van der Waals surface area contributed by atoms with Crippen LogP contribution in [0.25, 0.3) is 5.69 Å². The summed E-state index contributed by atoms with van der Waals surface area (Å²) in [5.74, 6) is 0. The molecule has 0 aliphatic rings. The maximum atomic E-state index is 4.58. The Balaban J connectivity index is 2.56. The van der Waals surface area contributed by atoms with E-state index in [2.05, 4.69) is 29.2 Å². The van der Waals surface area contributed by atoms with Crippen molar-refractivity contribution >= 4 is 0 Å². The highest BCUT2D eigenvalue weighted by atomic mass is 15.3. The first-order chi connectivity index (χ1) is 8.15. The highest BCUT2D eigenvalue weighted by molar-refractivity contribution is 5.41. The van der Waals surface area contributed by atoms with Gasteiger partial charge in [0.05, 0.1) is 11.4 Å². The minimum Gasteiger partial charge on any atom is -0.316 e. The number of aryl methyl sites for hydroxylation is 1. The van der Waals surface area contributed by atoms with Crippen LogP contribution in [0.1, 0.15) is 22.5 Å². The molecule has 2 heterocycles. The number of nitrogens with zero attached hydrogens (tertiary/aromatic N) is 3. The molecular weight excluding hydrogens is 212 g/mol. The Kier molecular flexibility index (Phi) is 3.24. The summed E-state index contributed by atoms with van der Waals surface area (Å²) >= 11 is 0. The van der Waals surface area contributed by atoms with Crippen molar-refractivity contribution < 1.29 is 0 Å². The zero-order valence-corrected chi connectivity index (χ0v) is 10.8. The summed E-state index contributed by atoms with van der Waals surface area (Å²) in [5, 5.41) is 7.74. The van der Waals surface area contributed by atoms with Crippen molar-refractivity contribution in [2.24, 2.45) is 0 Å². The van der Waals surface area contributed by atoms with Gasteiger partial charge in [-0.25, -0.2) is 4.68 Å². The van der Waals surface area contributed by atoms with E-state index in [0.29, 0.717) is 0 Å². The van der Waals surface area contributed by atoms with Crippen LogP contribution in [0.4, 0.5) is 0 Å². The fourth-order valence-corrected chi connectivity index (χ4v) is 1.91. The van der Waals surface area contributed by atoms with Gasteiger partial charge in [0.1, 0.15) is 0 Å². The molecule has 2 rings (SSSR count). The SMILES string of the molecule is CNCc1cnccc1-n1nc(C)c(C)c1C. The second-order valence-electron chi connectivity index (χ2n) is 4.24. The Hall–Kier alpha value is -1.68. The molecule has 0 saturated carbocycles. The molecule has 17 heavy (non-hydrogen) atoms. The third-order valence-electron chi connectivity index (χ3n) is 3.13. The van der Waals surface area contributed by atoms with Crippen molar-refractivity contribution in [3.63, 3.8) is 0 Å². The minimum absolute atomic E-state index is 0.792. The van der Waals surface area contributed by atoms with E-state index in [0.717, 1.165) is 23.5 Å². The number of hydrogen-bond acceptors (Lipinski definition) is 3. The smallest absolute Gasteiger partial charge is 0.0724 e. The Morgan fingerprint density at radius 1 is 1.29 bits per heavy atom. The van der Waals surface area contributed by atoms with E-state index >= 15 is 0 Å². The predicted molar refractivity (Wildman–Crippen MR) is 68.3 cm³/mol. The second-order valence-corrected chi connectivity index (χ2v) is 4.24. The van der Waals surface area contributed by atoms with Gasteiger partial charge in [0.25, 0.3) is 0 Å². The van der Waals surface area contributed by atoms with Gasteiger partial charge >= 0.3 is 0 Å². The van der Waals surface area contributed by atoms with Crippen molar-refractivity contribution in [2.45, 2.75) is 27.3 Å². The van der Waals surface area contributed by atoms with Crippen molar-refractivity contribution in [2.75, 3.05) is 7.05 Å². The first-order valence-electron chi connectivity index (χ1n) is 5.76. The first kappa shape index (κ1) is 11.8. The van der Waals surface area contributed by atoms with E-state index in [9.17, 15) is 0 Å². The van der Waals surface area contributed by atoms with Crippen LogP contribution in [-0.4, -0.2) is 21.8 Å². The van der Waals surface area contributed by atoms with Gasteiger partial charge in [0, 0.05) is 30.2 Å². The molecule has 0 spiro atoms. The van der Waals surface area contributed by atoms with Crippen molar-refractivity contribution in [1.82, 2.24) is 20.1 Å². The lowest BCUT2D eigenvalue weighted by atomic mass is 10.2. The Morgan fingerprint density at radius 2 is 2.06 bits per heavy atom. The minimum atomic E-state index is 0.792. The Bertz CT molecular complexity index is 528. The molecule has 0 atom stereocenters. The normalized spacial score (nSPS) is 10.8. The van der Waals surface area contributed by atoms with Crippen molar-refractivity contribution in [1.29, 1.82) is 0 Å². The molecule has 0 saturated heterocycles. The topological polar surface area (TPSA) is 42.7 Å². The van der Waals surface area contributed by atoms with Crippen LogP contribution in [0.2, 0.25) is 0 Å². The second kappa shape index (κ2) is 4.67. The maximum Gasteiger partial charge on any atom is 0.0724 e. The summed E-state index contributed by atoms with van der Waals surface area (Å²) in [5.41, 5.74) is 5.77. The van der Waals surface area contributed by atoms with E-state index in [-0.39, 0.29) is 0 Å². The summed E-state index contributed by atoms with van der Waals surface area (Å²) in [7, 11) is 1.93. The van der Waals surface area contributed by atoms with E-state index < -0.39 is 0 Å². The number of rotatable bonds is 3. The van der Waals surface area contributed by atoms with Crippen LogP contribution < -0.4 is 5.32 Å². The van der Waals surface area contributed by atoms with Gasteiger partial charge in [-0.1, -0.05) is 0 Å². The van der Waals surface area contributed by atoms with Gasteiger partial charge in [-0.05, 0) is 39.4 Å². The average molecular weight is 230 g/mol. The largest absolute Gasteiger partial charge is 0.316 e. The number of hydrogen-bond donors (Lipinski definition) is 1. The summed E-state index contributed by atoms with van der Waals surface area (Å²) < 4.78 is 2.00. The monoisotopic (exact) mass is 230 g/mol. The summed E-state index contributed by atoms with van der Waals surface area (Å²) in [6.45, 7) is 7.03. The molecule has 0 aromatic carbocycles. The third kappa shape index (κ3) is 2.08. The highest BCUT2D eigenvalue weighted by Gasteiger charge is 2.11. The molecule has 90 valence electrons. The molecule has 4 nitrogen and oxygen atoms in total. The van der Waals surface area contributed by atoms with Gasteiger partial charge in [0.15, 0.2) is 0 Å². The lowest BCUT2D eigenvalue weighted by Crippen LogP contribution is -2.11.